The molecule has 0 aliphatic heterocycles. The Kier molecular flexibility index (Phi) is 3.67. The number of aromatic nitrogens is 1. The fraction of sp³-hybridized carbons (Fsp3) is 0.250. The molecular formula is C8H5BrF3NO2. The monoisotopic (exact) mass is 283 g/mol. The van der Waals surface area contributed by atoms with Crippen LogP contribution in [0.3, 0.4) is 0 Å². The van der Waals surface area contributed by atoms with Crippen molar-refractivity contribution in [3.8, 4) is 0 Å². The molecule has 15 heavy (non-hydrogen) atoms. The van der Waals surface area contributed by atoms with Crippen LogP contribution in [0.4, 0.5) is 13.2 Å². The summed E-state index contributed by atoms with van der Waals surface area (Å²) in [6.45, 7) is 0. The van der Waals surface area contributed by atoms with Gasteiger partial charge in [-0.15, -0.1) is 0 Å². The van der Waals surface area contributed by atoms with Crippen molar-refractivity contribution in [2.75, 3.05) is 0 Å². The van der Waals surface area contributed by atoms with E-state index < -0.39 is 34.8 Å². The number of carboxylic acids is 1. The molecule has 0 saturated heterocycles. The van der Waals surface area contributed by atoms with Crippen LogP contribution >= 0.6 is 15.9 Å². The number of alkyl halides is 2. The van der Waals surface area contributed by atoms with Crippen molar-refractivity contribution in [2.24, 2.45) is 0 Å². The SMILES string of the molecule is O=C(O)Cc1cnc(C(F)F)c(Br)c1F. The molecule has 0 unspecified atom stereocenters. The second-order valence-corrected chi connectivity index (χ2v) is 3.46. The van der Waals surface area contributed by atoms with E-state index in [1.54, 1.807) is 0 Å². The second kappa shape index (κ2) is 4.61. The van der Waals surface area contributed by atoms with Crippen LogP contribution in [0, 0.1) is 5.82 Å². The summed E-state index contributed by atoms with van der Waals surface area (Å²) in [5.74, 6) is -2.27. The molecule has 0 atom stereocenters. The maximum atomic E-state index is 13.3. The quantitative estimate of drug-likeness (QED) is 0.928. The fourth-order valence-corrected chi connectivity index (χ4v) is 1.48. The van der Waals surface area contributed by atoms with E-state index in [0.29, 0.717) is 0 Å². The van der Waals surface area contributed by atoms with Gasteiger partial charge in [-0.2, -0.15) is 0 Å². The number of aliphatic carboxylic acids is 1. The van der Waals surface area contributed by atoms with Crippen LogP contribution in [0.1, 0.15) is 17.7 Å². The average Bonchev–Trinajstić information content (AvgIpc) is 2.12. The van der Waals surface area contributed by atoms with E-state index in [1.807, 2.05) is 0 Å². The predicted octanol–water partition coefficient (Wildman–Crippen LogP) is 2.55. The number of carboxylic acid groups (broad SMARTS) is 1. The third-order valence-electron chi connectivity index (χ3n) is 1.61. The smallest absolute Gasteiger partial charge is 0.307 e. The molecule has 0 aliphatic carbocycles. The minimum Gasteiger partial charge on any atom is -0.481 e. The first-order chi connectivity index (χ1) is 6.93. The Labute approximate surface area is 91.1 Å². The molecule has 0 amide bonds. The number of halogens is 4. The number of hydrogen-bond acceptors (Lipinski definition) is 2. The van der Waals surface area contributed by atoms with Gasteiger partial charge in [-0.25, -0.2) is 13.2 Å². The van der Waals surface area contributed by atoms with Crippen LogP contribution in [0.5, 0.6) is 0 Å². The minimum absolute atomic E-state index is 0.237. The maximum absolute atomic E-state index is 13.3. The Bertz CT molecular complexity index is 398. The van der Waals surface area contributed by atoms with Crippen molar-refractivity contribution in [2.45, 2.75) is 12.8 Å². The molecule has 3 nitrogen and oxygen atoms in total. The van der Waals surface area contributed by atoms with Gasteiger partial charge in [0.15, 0.2) is 0 Å². The summed E-state index contributed by atoms with van der Waals surface area (Å²) in [5.41, 5.74) is -0.972. The summed E-state index contributed by atoms with van der Waals surface area (Å²) in [6.07, 6.45) is -2.70. The molecule has 0 aromatic carbocycles. The third-order valence-corrected chi connectivity index (χ3v) is 2.36. The van der Waals surface area contributed by atoms with Gasteiger partial charge in [0.05, 0.1) is 10.9 Å². The predicted molar refractivity (Wildman–Crippen MR) is 48.2 cm³/mol. The van der Waals surface area contributed by atoms with E-state index in [0.717, 1.165) is 6.20 Å². The lowest BCUT2D eigenvalue weighted by molar-refractivity contribution is -0.136. The van der Waals surface area contributed by atoms with Crippen LogP contribution in [0.2, 0.25) is 0 Å². The highest BCUT2D eigenvalue weighted by molar-refractivity contribution is 9.10. The zero-order valence-corrected chi connectivity index (χ0v) is 8.76. The van der Waals surface area contributed by atoms with Crippen molar-refractivity contribution < 1.29 is 23.1 Å². The largest absolute Gasteiger partial charge is 0.481 e. The van der Waals surface area contributed by atoms with Gasteiger partial charge in [-0.05, 0) is 15.9 Å². The fourth-order valence-electron chi connectivity index (χ4n) is 0.953. The van der Waals surface area contributed by atoms with Crippen LogP contribution in [0.25, 0.3) is 0 Å². The molecule has 0 fully saturated rings. The molecule has 0 aliphatic rings. The van der Waals surface area contributed by atoms with Gasteiger partial charge in [0.1, 0.15) is 11.5 Å². The molecule has 0 spiro atoms. The Morgan fingerprint density at radius 1 is 1.60 bits per heavy atom. The lowest BCUT2D eigenvalue weighted by atomic mass is 10.2. The lowest BCUT2D eigenvalue weighted by Crippen LogP contribution is -2.06. The second-order valence-electron chi connectivity index (χ2n) is 2.67. The number of nitrogens with zero attached hydrogens (tertiary/aromatic N) is 1. The summed E-state index contributed by atoms with van der Waals surface area (Å²) in [7, 11) is 0. The first kappa shape index (κ1) is 12.0. The molecule has 7 heteroatoms. The number of carbonyl (C=O) groups is 1. The molecule has 1 aromatic heterocycles. The highest BCUT2D eigenvalue weighted by Crippen LogP contribution is 2.29. The summed E-state index contributed by atoms with van der Waals surface area (Å²) >= 11 is 2.61. The van der Waals surface area contributed by atoms with E-state index in [4.69, 9.17) is 5.11 Å². The van der Waals surface area contributed by atoms with Crippen molar-refractivity contribution in [3.63, 3.8) is 0 Å². The molecule has 0 radical (unpaired) electrons. The molecular weight excluding hydrogens is 279 g/mol. The van der Waals surface area contributed by atoms with E-state index >= 15 is 0 Å². The average molecular weight is 284 g/mol. The van der Waals surface area contributed by atoms with Crippen molar-refractivity contribution in [3.05, 3.63) is 27.7 Å². The van der Waals surface area contributed by atoms with Gasteiger partial charge >= 0.3 is 5.97 Å². The van der Waals surface area contributed by atoms with E-state index in [2.05, 4.69) is 20.9 Å². The van der Waals surface area contributed by atoms with Crippen molar-refractivity contribution in [1.29, 1.82) is 0 Å². The highest BCUT2D eigenvalue weighted by Gasteiger charge is 2.20. The summed E-state index contributed by atoms with van der Waals surface area (Å²) in [4.78, 5) is 13.6. The molecule has 1 heterocycles. The minimum atomic E-state index is -2.91. The lowest BCUT2D eigenvalue weighted by Gasteiger charge is -2.06. The Balaban J connectivity index is 3.15. The molecule has 1 N–H and O–H groups in total. The van der Waals surface area contributed by atoms with E-state index in [1.165, 1.54) is 0 Å². The summed E-state index contributed by atoms with van der Waals surface area (Å²) < 4.78 is 37.3. The molecule has 0 bridgehead atoms. The van der Waals surface area contributed by atoms with Gasteiger partial charge < -0.3 is 5.11 Å². The molecule has 0 saturated carbocycles. The number of rotatable bonds is 3. The van der Waals surface area contributed by atoms with Crippen molar-refractivity contribution in [1.82, 2.24) is 4.98 Å². The molecule has 1 rings (SSSR count). The van der Waals surface area contributed by atoms with Gasteiger partial charge in [0.25, 0.3) is 6.43 Å². The normalized spacial score (nSPS) is 10.7. The first-order valence-electron chi connectivity index (χ1n) is 3.76. The van der Waals surface area contributed by atoms with Crippen LogP contribution in [-0.4, -0.2) is 16.1 Å². The maximum Gasteiger partial charge on any atom is 0.307 e. The Morgan fingerprint density at radius 2 is 2.20 bits per heavy atom. The summed E-state index contributed by atoms with van der Waals surface area (Å²) in [6, 6.07) is 0. The van der Waals surface area contributed by atoms with Crippen LogP contribution in [0.15, 0.2) is 10.7 Å². The zero-order chi connectivity index (χ0) is 11.6. The van der Waals surface area contributed by atoms with Gasteiger partial charge in [0, 0.05) is 11.8 Å². The third kappa shape index (κ3) is 2.68. The Morgan fingerprint density at radius 3 is 2.67 bits per heavy atom. The van der Waals surface area contributed by atoms with Crippen LogP contribution < -0.4 is 0 Å². The van der Waals surface area contributed by atoms with E-state index in [-0.39, 0.29) is 5.56 Å². The summed E-state index contributed by atoms with van der Waals surface area (Å²) in [5, 5.41) is 8.40. The highest BCUT2D eigenvalue weighted by atomic mass is 79.9. The van der Waals surface area contributed by atoms with Gasteiger partial charge in [-0.1, -0.05) is 0 Å². The van der Waals surface area contributed by atoms with Gasteiger partial charge in [0.2, 0.25) is 0 Å². The van der Waals surface area contributed by atoms with Crippen LogP contribution in [-0.2, 0) is 11.2 Å². The molecule has 1 aromatic rings. The Hall–Kier alpha value is -1.11. The van der Waals surface area contributed by atoms with Crippen molar-refractivity contribution >= 4 is 21.9 Å². The van der Waals surface area contributed by atoms with E-state index in [9.17, 15) is 18.0 Å². The first-order valence-corrected chi connectivity index (χ1v) is 4.55. The topological polar surface area (TPSA) is 50.2 Å². The molecule has 82 valence electrons. The zero-order valence-electron chi connectivity index (χ0n) is 7.18. The number of pyridine rings is 1. The standard InChI is InChI=1S/C8H5BrF3NO2/c9-5-6(10)3(1-4(14)15)2-13-7(5)8(11)12/h2,8H,1H2,(H,14,15). The van der Waals surface area contributed by atoms with Gasteiger partial charge in [-0.3, -0.25) is 9.78 Å². The number of hydrogen-bond donors (Lipinski definition) is 1.